The molecule has 26 heavy (non-hydrogen) atoms. The Morgan fingerprint density at radius 2 is 1.77 bits per heavy atom. The number of rotatable bonds is 3. The molecule has 0 spiro atoms. The summed E-state index contributed by atoms with van der Waals surface area (Å²) in [4.78, 5) is 17.4. The minimum atomic E-state index is -0.0918. The van der Waals surface area contributed by atoms with E-state index in [1.54, 1.807) is 0 Å². The number of amidine groups is 1. The van der Waals surface area contributed by atoms with Crippen LogP contribution in [0.2, 0.25) is 0 Å². The molecular weight excluding hydrogens is 340 g/mol. The molecule has 1 saturated heterocycles. The van der Waals surface area contributed by atoms with Gasteiger partial charge in [-0.05, 0) is 52.7 Å². The van der Waals surface area contributed by atoms with Crippen LogP contribution in [0.5, 0.6) is 0 Å². The van der Waals surface area contributed by atoms with Crippen molar-refractivity contribution in [1.29, 1.82) is 0 Å². The fourth-order valence-electron chi connectivity index (χ4n) is 2.81. The fourth-order valence-corrected chi connectivity index (χ4v) is 3.63. The summed E-state index contributed by atoms with van der Waals surface area (Å²) in [5.41, 5.74) is 3.37. The molecule has 1 aliphatic heterocycles. The number of fused-ring (bicyclic) bond motifs is 1. The number of carbonyl (C=O) groups excluding carboxylic acids is 1. The molecular formula is C22H18N2OS. The SMILES string of the molecule is Cc1ccc(CN=C2NC(=O)C(=Cc3ccc4ccccc4c3)S2)cc1. The highest BCUT2D eigenvalue weighted by molar-refractivity contribution is 8.18. The molecule has 0 aliphatic carbocycles. The van der Waals surface area contributed by atoms with Gasteiger partial charge in [-0.3, -0.25) is 9.79 Å². The highest BCUT2D eigenvalue weighted by atomic mass is 32.2. The van der Waals surface area contributed by atoms with Crippen LogP contribution in [-0.4, -0.2) is 11.1 Å². The monoisotopic (exact) mass is 358 g/mol. The molecule has 1 fully saturated rings. The number of aryl methyl sites for hydroxylation is 1. The molecule has 0 radical (unpaired) electrons. The third-order valence-corrected chi connectivity index (χ3v) is 5.20. The van der Waals surface area contributed by atoms with Gasteiger partial charge in [0.1, 0.15) is 0 Å². The van der Waals surface area contributed by atoms with Gasteiger partial charge < -0.3 is 5.32 Å². The normalized spacial score (nSPS) is 17.2. The predicted molar refractivity (Wildman–Crippen MR) is 110 cm³/mol. The van der Waals surface area contributed by atoms with Gasteiger partial charge in [0, 0.05) is 0 Å². The Balaban J connectivity index is 1.52. The van der Waals surface area contributed by atoms with Crippen molar-refractivity contribution in [1.82, 2.24) is 5.32 Å². The highest BCUT2D eigenvalue weighted by Gasteiger charge is 2.23. The second-order valence-corrected chi connectivity index (χ2v) is 7.31. The van der Waals surface area contributed by atoms with Crippen molar-refractivity contribution in [3.8, 4) is 0 Å². The Hall–Kier alpha value is -2.85. The maximum atomic E-state index is 12.2. The molecule has 0 aromatic heterocycles. The van der Waals surface area contributed by atoms with Crippen LogP contribution in [0.1, 0.15) is 16.7 Å². The molecule has 1 amide bonds. The summed E-state index contributed by atoms with van der Waals surface area (Å²) < 4.78 is 0. The minimum Gasteiger partial charge on any atom is -0.301 e. The molecule has 3 nitrogen and oxygen atoms in total. The second kappa shape index (κ2) is 7.18. The summed E-state index contributed by atoms with van der Waals surface area (Å²) in [6.07, 6.45) is 1.92. The van der Waals surface area contributed by atoms with Crippen LogP contribution < -0.4 is 5.32 Å². The molecule has 0 bridgehead atoms. The van der Waals surface area contributed by atoms with Crippen molar-refractivity contribution >= 4 is 39.7 Å². The van der Waals surface area contributed by atoms with Gasteiger partial charge >= 0.3 is 0 Å². The van der Waals surface area contributed by atoms with Crippen molar-refractivity contribution in [2.75, 3.05) is 0 Å². The number of amides is 1. The largest absolute Gasteiger partial charge is 0.301 e. The van der Waals surface area contributed by atoms with Gasteiger partial charge in [-0.1, -0.05) is 66.2 Å². The van der Waals surface area contributed by atoms with Crippen LogP contribution in [-0.2, 0) is 11.3 Å². The average molecular weight is 358 g/mol. The van der Waals surface area contributed by atoms with E-state index in [9.17, 15) is 4.79 Å². The zero-order valence-corrected chi connectivity index (χ0v) is 15.2. The van der Waals surface area contributed by atoms with E-state index in [1.807, 2.05) is 24.3 Å². The minimum absolute atomic E-state index is 0.0918. The van der Waals surface area contributed by atoms with Gasteiger partial charge in [-0.2, -0.15) is 0 Å². The maximum absolute atomic E-state index is 12.2. The van der Waals surface area contributed by atoms with Gasteiger partial charge in [0.25, 0.3) is 5.91 Å². The van der Waals surface area contributed by atoms with E-state index < -0.39 is 0 Å². The van der Waals surface area contributed by atoms with Crippen LogP contribution in [0.3, 0.4) is 0 Å². The summed E-state index contributed by atoms with van der Waals surface area (Å²) in [5, 5.41) is 5.86. The van der Waals surface area contributed by atoms with Crippen LogP contribution in [0.25, 0.3) is 16.8 Å². The second-order valence-electron chi connectivity index (χ2n) is 6.28. The Morgan fingerprint density at radius 1 is 1.00 bits per heavy atom. The maximum Gasteiger partial charge on any atom is 0.264 e. The molecule has 0 unspecified atom stereocenters. The molecule has 0 atom stereocenters. The lowest BCUT2D eigenvalue weighted by Crippen LogP contribution is -2.19. The van der Waals surface area contributed by atoms with E-state index in [2.05, 4.69) is 65.8 Å². The number of thioether (sulfide) groups is 1. The molecule has 0 saturated carbocycles. The Bertz CT molecular complexity index is 1040. The number of hydrogen-bond donors (Lipinski definition) is 1. The van der Waals surface area contributed by atoms with Crippen molar-refractivity contribution in [2.45, 2.75) is 13.5 Å². The van der Waals surface area contributed by atoms with Crippen molar-refractivity contribution in [2.24, 2.45) is 4.99 Å². The topological polar surface area (TPSA) is 41.5 Å². The number of nitrogens with zero attached hydrogens (tertiary/aromatic N) is 1. The summed E-state index contributed by atoms with van der Waals surface area (Å²) >= 11 is 1.39. The lowest BCUT2D eigenvalue weighted by Gasteiger charge is -2.00. The van der Waals surface area contributed by atoms with Crippen LogP contribution in [0.4, 0.5) is 0 Å². The van der Waals surface area contributed by atoms with Gasteiger partial charge in [0.05, 0.1) is 11.4 Å². The standard InChI is InChI=1S/C22H18N2OS/c1-15-6-8-16(9-7-15)14-23-22-24-21(25)20(26-22)13-17-10-11-18-4-2-3-5-19(18)12-17/h2-13H,14H2,1H3,(H,23,24,25). The first kappa shape index (κ1) is 16.6. The Kier molecular flexibility index (Phi) is 4.59. The molecule has 3 aromatic rings. The molecule has 4 heteroatoms. The van der Waals surface area contributed by atoms with Crippen molar-refractivity contribution in [3.05, 3.63) is 88.3 Å². The van der Waals surface area contributed by atoms with Gasteiger partial charge in [0.15, 0.2) is 5.17 Å². The highest BCUT2D eigenvalue weighted by Crippen LogP contribution is 2.27. The van der Waals surface area contributed by atoms with Crippen LogP contribution in [0, 0.1) is 6.92 Å². The van der Waals surface area contributed by atoms with E-state index in [1.165, 1.54) is 28.1 Å². The molecule has 1 heterocycles. The van der Waals surface area contributed by atoms with Crippen LogP contribution >= 0.6 is 11.8 Å². The lowest BCUT2D eigenvalue weighted by atomic mass is 10.1. The molecule has 3 aromatic carbocycles. The molecule has 1 aliphatic rings. The van der Waals surface area contributed by atoms with E-state index in [0.29, 0.717) is 16.6 Å². The van der Waals surface area contributed by atoms with E-state index >= 15 is 0 Å². The first-order valence-electron chi connectivity index (χ1n) is 8.47. The summed E-state index contributed by atoms with van der Waals surface area (Å²) in [7, 11) is 0. The van der Waals surface area contributed by atoms with Crippen LogP contribution in [0.15, 0.2) is 76.6 Å². The van der Waals surface area contributed by atoms with E-state index in [4.69, 9.17) is 0 Å². The van der Waals surface area contributed by atoms with Gasteiger partial charge in [0.2, 0.25) is 0 Å². The smallest absolute Gasteiger partial charge is 0.264 e. The van der Waals surface area contributed by atoms with E-state index in [0.717, 1.165) is 11.1 Å². The summed E-state index contributed by atoms with van der Waals surface area (Å²) in [5.74, 6) is -0.0918. The third kappa shape index (κ3) is 3.70. The van der Waals surface area contributed by atoms with Crippen molar-refractivity contribution in [3.63, 3.8) is 0 Å². The molecule has 1 N–H and O–H groups in total. The summed E-state index contributed by atoms with van der Waals surface area (Å²) in [6, 6.07) is 22.7. The molecule has 4 rings (SSSR count). The van der Waals surface area contributed by atoms with Gasteiger partial charge in [-0.15, -0.1) is 0 Å². The number of aliphatic imine (C=N–C) groups is 1. The Labute approximate surface area is 156 Å². The zero-order valence-electron chi connectivity index (χ0n) is 14.4. The zero-order chi connectivity index (χ0) is 17.9. The summed E-state index contributed by atoms with van der Waals surface area (Å²) in [6.45, 7) is 2.62. The number of hydrogen-bond acceptors (Lipinski definition) is 3. The number of nitrogens with one attached hydrogen (secondary N) is 1. The van der Waals surface area contributed by atoms with Crippen molar-refractivity contribution < 1.29 is 4.79 Å². The fraction of sp³-hybridized carbons (Fsp3) is 0.0909. The third-order valence-electron chi connectivity index (χ3n) is 4.25. The Morgan fingerprint density at radius 3 is 2.58 bits per heavy atom. The number of benzene rings is 3. The number of carbonyl (C=O) groups is 1. The van der Waals surface area contributed by atoms with E-state index in [-0.39, 0.29) is 5.91 Å². The molecule has 128 valence electrons. The first-order valence-corrected chi connectivity index (χ1v) is 9.29. The average Bonchev–Trinajstić information content (AvgIpc) is 3.01. The predicted octanol–water partition coefficient (Wildman–Crippen LogP) is 4.91. The first-order chi connectivity index (χ1) is 12.7. The van der Waals surface area contributed by atoms with Gasteiger partial charge in [-0.25, -0.2) is 0 Å². The lowest BCUT2D eigenvalue weighted by molar-refractivity contribution is -0.115. The quantitative estimate of drug-likeness (QED) is 0.676.